The van der Waals surface area contributed by atoms with E-state index in [-0.39, 0.29) is 16.1 Å². The number of carboxylic acids is 1. The molecule has 2 aromatic rings. The summed E-state index contributed by atoms with van der Waals surface area (Å²) in [4.78, 5) is 13.9. The fourth-order valence-corrected chi connectivity index (χ4v) is 3.82. The molecule has 2 N–H and O–H groups in total. The van der Waals surface area contributed by atoms with E-state index in [9.17, 15) is 18.3 Å². The first-order valence-electron chi connectivity index (χ1n) is 8.59. The molecule has 0 saturated heterocycles. The molecular formula is C19H24N2O4S. The van der Waals surface area contributed by atoms with Gasteiger partial charge in [0.05, 0.1) is 16.1 Å². The van der Waals surface area contributed by atoms with Gasteiger partial charge in [0.25, 0.3) is 10.0 Å². The van der Waals surface area contributed by atoms with Gasteiger partial charge in [-0.3, -0.25) is 4.72 Å². The van der Waals surface area contributed by atoms with Gasteiger partial charge >= 0.3 is 5.97 Å². The molecule has 0 heterocycles. The van der Waals surface area contributed by atoms with Crippen molar-refractivity contribution in [2.75, 3.05) is 22.7 Å². The van der Waals surface area contributed by atoms with Gasteiger partial charge in [-0.25, -0.2) is 13.2 Å². The molecule has 0 atom stereocenters. The van der Waals surface area contributed by atoms with E-state index >= 15 is 0 Å². The summed E-state index contributed by atoms with van der Waals surface area (Å²) in [7, 11) is -3.77. The van der Waals surface area contributed by atoms with Crippen molar-refractivity contribution in [3.8, 4) is 0 Å². The minimum atomic E-state index is -3.77. The molecule has 0 unspecified atom stereocenters. The number of nitrogens with one attached hydrogen (secondary N) is 1. The Kier molecular flexibility index (Phi) is 6.63. The maximum Gasteiger partial charge on any atom is 0.337 e. The van der Waals surface area contributed by atoms with Crippen LogP contribution in [0.5, 0.6) is 0 Å². The molecule has 0 saturated carbocycles. The lowest BCUT2D eigenvalue weighted by Gasteiger charge is -2.25. The van der Waals surface area contributed by atoms with E-state index < -0.39 is 16.0 Å². The highest BCUT2D eigenvalue weighted by molar-refractivity contribution is 7.92. The SMILES string of the molecule is CCCN(CCC)c1ccc(NS(=O)(=O)c2ccccc2)cc1C(=O)O. The van der Waals surface area contributed by atoms with Gasteiger partial charge in [-0.2, -0.15) is 0 Å². The molecule has 0 amide bonds. The van der Waals surface area contributed by atoms with Crippen molar-refractivity contribution in [2.24, 2.45) is 0 Å². The van der Waals surface area contributed by atoms with Gasteiger partial charge in [0, 0.05) is 18.8 Å². The maximum absolute atomic E-state index is 12.4. The summed E-state index contributed by atoms with van der Waals surface area (Å²) in [5.41, 5.74) is 0.909. The van der Waals surface area contributed by atoms with Crippen molar-refractivity contribution in [3.63, 3.8) is 0 Å². The number of hydrogen-bond donors (Lipinski definition) is 2. The second-order valence-corrected chi connectivity index (χ2v) is 7.63. The molecule has 0 aromatic heterocycles. The molecule has 0 radical (unpaired) electrons. The summed E-state index contributed by atoms with van der Waals surface area (Å²) in [5, 5.41) is 9.59. The first-order chi connectivity index (χ1) is 12.4. The van der Waals surface area contributed by atoms with Crippen molar-refractivity contribution < 1.29 is 18.3 Å². The summed E-state index contributed by atoms with van der Waals surface area (Å²) < 4.78 is 27.3. The fourth-order valence-electron chi connectivity index (χ4n) is 2.75. The Labute approximate surface area is 154 Å². The van der Waals surface area contributed by atoms with E-state index in [0.717, 1.165) is 25.9 Å². The fraction of sp³-hybridized carbons (Fsp3) is 0.316. The molecule has 26 heavy (non-hydrogen) atoms. The van der Waals surface area contributed by atoms with Gasteiger partial charge in [-0.1, -0.05) is 32.0 Å². The van der Waals surface area contributed by atoms with Gasteiger partial charge in [0.1, 0.15) is 0 Å². The van der Waals surface area contributed by atoms with Crippen LogP contribution in [-0.4, -0.2) is 32.6 Å². The first-order valence-corrected chi connectivity index (χ1v) is 10.1. The summed E-state index contributed by atoms with van der Waals surface area (Å²) in [6, 6.07) is 12.6. The summed E-state index contributed by atoms with van der Waals surface area (Å²) in [6.07, 6.45) is 1.78. The number of anilines is 2. The summed E-state index contributed by atoms with van der Waals surface area (Å²) >= 11 is 0. The highest BCUT2D eigenvalue weighted by atomic mass is 32.2. The second-order valence-electron chi connectivity index (χ2n) is 5.94. The smallest absolute Gasteiger partial charge is 0.337 e. The van der Waals surface area contributed by atoms with Crippen LogP contribution in [0.25, 0.3) is 0 Å². The zero-order valence-corrected chi connectivity index (χ0v) is 15.8. The zero-order valence-electron chi connectivity index (χ0n) is 15.0. The summed E-state index contributed by atoms with van der Waals surface area (Å²) in [6.45, 7) is 5.54. The minimum Gasteiger partial charge on any atom is -0.478 e. The van der Waals surface area contributed by atoms with E-state index in [1.165, 1.54) is 18.2 Å². The number of benzene rings is 2. The third kappa shape index (κ3) is 4.76. The van der Waals surface area contributed by atoms with Gasteiger partial charge in [0.15, 0.2) is 0 Å². The van der Waals surface area contributed by atoms with Crippen molar-refractivity contribution in [3.05, 3.63) is 54.1 Å². The third-order valence-corrected chi connectivity index (χ3v) is 5.26. The predicted molar refractivity (Wildman–Crippen MR) is 103 cm³/mol. The number of hydrogen-bond acceptors (Lipinski definition) is 4. The number of rotatable bonds is 9. The molecule has 2 rings (SSSR count). The molecule has 0 aliphatic carbocycles. The van der Waals surface area contributed by atoms with Crippen LogP contribution in [0.1, 0.15) is 37.0 Å². The van der Waals surface area contributed by atoms with Crippen LogP contribution in [0.2, 0.25) is 0 Å². The third-order valence-electron chi connectivity index (χ3n) is 3.86. The van der Waals surface area contributed by atoms with Crippen LogP contribution in [0.3, 0.4) is 0 Å². The highest BCUT2D eigenvalue weighted by Crippen LogP contribution is 2.26. The Balaban J connectivity index is 2.37. The number of carboxylic acid groups (broad SMARTS) is 1. The molecule has 0 aliphatic heterocycles. The molecule has 6 nitrogen and oxygen atoms in total. The average Bonchev–Trinajstić information content (AvgIpc) is 2.62. The quantitative estimate of drug-likeness (QED) is 0.695. The molecule has 7 heteroatoms. The topological polar surface area (TPSA) is 86.7 Å². The molecule has 2 aromatic carbocycles. The van der Waals surface area contributed by atoms with Gasteiger partial charge < -0.3 is 10.0 Å². The predicted octanol–water partition coefficient (Wildman–Crippen LogP) is 3.81. The number of carbonyl (C=O) groups is 1. The lowest BCUT2D eigenvalue weighted by atomic mass is 10.1. The van der Waals surface area contributed by atoms with Crippen LogP contribution in [-0.2, 0) is 10.0 Å². The minimum absolute atomic E-state index is 0.0835. The molecule has 0 bridgehead atoms. The highest BCUT2D eigenvalue weighted by Gasteiger charge is 2.19. The van der Waals surface area contributed by atoms with Gasteiger partial charge in [0.2, 0.25) is 0 Å². The lowest BCUT2D eigenvalue weighted by Crippen LogP contribution is -2.27. The lowest BCUT2D eigenvalue weighted by molar-refractivity contribution is 0.0697. The summed E-state index contributed by atoms with van der Waals surface area (Å²) in [5.74, 6) is -1.09. The zero-order chi connectivity index (χ0) is 19.2. The van der Waals surface area contributed by atoms with Crippen LogP contribution < -0.4 is 9.62 Å². The second kappa shape index (κ2) is 8.71. The Bertz CT molecular complexity index is 845. The van der Waals surface area contributed by atoms with Crippen LogP contribution in [0.4, 0.5) is 11.4 Å². The molecule has 0 aliphatic rings. The van der Waals surface area contributed by atoms with E-state index in [1.54, 1.807) is 30.3 Å². The molecular weight excluding hydrogens is 352 g/mol. The van der Waals surface area contributed by atoms with Gasteiger partial charge in [-0.15, -0.1) is 0 Å². The Hall–Kier alpha value is -2.54. The number of aromatic carboxylic acids is 1. The molecule has 0 fully saturated rings. The average molecular weight is 376 g/mol. The Morgan fingerprint density at radius 3 is 2.19 bits per heavy atom. The standard InChI is InChI=1S/C19H24N2O4S/c1-3-12-21(13-4-2)18-11-10-15(14-17(18)19(22)23)20-26(24,25)16-8-6-5-7-9-16/h5-11,14,20H,3-4,12-13H2,1-2H3,(H,22,23). The Morgan fingerprint density at radius 2 is 1.65 bits per heavy atom. The van der Waals surface area contributed by atoms with Crippen molar-refractivity contribution in [1.29, 1.82) is 0 Å². The van der Waals surface area contributed by atoms with Gasteiger partial charge in [-0.05, 0) is 43.2 Å². The molecule has 140 valence electrons. The van der Waals surface area contributed by atoms with E-state index in [1.807, 2.05) is 18.7 Å². The Morgan fingerprint density at radius 1 is 1.04 bits per heavy atom. The van der Waals surface area contributed by atoms with E-state index in [4.69, 9.17) is 0 Å². The van der Waals surface area contributed by atoms with Crippen molar-refractivity contribution in [1.82, 2.24) is 0 Å². The normalized spacial score (nSPS) is 11.2. The largest absolute Gasteiger partial charge is 0.478 e. The van der Waals surface area contributed by atoms with Crippen LogP contribution in [0, 0.1) is 0 Å². The van der Waals surface area contributed by atoms with Crippen molar-refractivity contribution in [2.45, 2.75) is 31.6 Å². The first kappa shape index (κ1) is 19.8. The van der Waals surface area contributed by atoms with Crippen molar-refractivity contribution >= 4 is 27.4 Å². The van der Waals surface area contributed by atoms with Crippen LogP contribution >= 0.6 is 0 Å². The van der Waals surface area contributed by atoms with E-state index in [2.05, 4.69) is 4.72 Å². The van der Waals surface area contributed by atoms with Crippen LogP contribution in [0.15, 0.2) is 53.4 Å². The number of sulfonamides is 1. The number of nitrogens with zero attached hydrogens (tertiary/aromatic N) is 1. The molecule has 0 spiro atoms. The monoisotopic (exact) mass is 376 g/mol. The van der Waals surface area contributed by atoms with E-state index in [0.29, 0.717) is 5.69 Å². The maximum atomic E-state index is 12.4.